The van der Waals surface area contributed by atoms with Crippen molar-refractivity contribution in [1.82, 2.24) is 9.80 Å². The lowest BCUT2D eigenvalue weighted by atomic mass is 10.0. The van der Waals surface area contributed by atoms with Crippen LogP contribution in [0.15, 0.2) is 18.2 Å². The van der Waals surface area contributed by atoms with E-state index in [0.717, 1.165) is 44.1 Å². The van der Waals surface area contributed by atoms with Crippen LogP contribution in [0.2, 0.25) is 0 Å². The van der Waals surface area contributed by atoms with Gasteiger partial charge in [-0.15, -0.1) is 0 Å². The molecule has 3 nitrogen and oxygen atoms in total. The van der Waals surface area contributed by atoms with Crippen LogP contribution in [0.5, 0.6) is 0 Å². The Hall–Kier alpha value is -1.04. The Bertz CT molecular complexity index is 532. The Kier molecular flexibility index (Phi) is 5.29. The van der Waals surface area contributed by atoms with Crippen LogP contribution in [0.1, 0.15) is 44.3 Å². The highest BCUT2D eigenvalue weighted by Crippen LogP contribution is 2.27. The average Bonchev–Trinajstić information content (AvgIpc) is 2.96. The maximum atomic E-state index is 13.7. The highest BCUT2D eigenvalue weighted by molar-refractivity contribution is 5.21. The smallest absolute Gasteiger partial charge is 0.129 e. The first-order valence-electron chi connectivity index (χ1n) is 8.65. The van der Waals surface area contributed by atoms with Crippen LogP contribution in [0.4, 0.5) is 8.78 Å². The summed E-state index contributed by atoms with van der Waals surface area (Å²) in [6.07, 6.45) is 3.77. The molecule has 2 saturated heterocycles. The lowest BCUT2D eigenvalue weighted by molar-refractivity contribution is 0.0634. The van der Waals surface area contributed by atoms with E-state index in [0.29, 0.717) is 18.6 Å². The lowest BCUT2D eigenvalue weighted by Gasteiger charge is -2.39. The van der Waals surface area contributed by atoms with Gasteiger partial charge in [0.05, 0.1) is 6.10 Å². The van der Waals surface area contributed by atoms with Gasteiger partial charge >= 0.3 is 0 Å². The summed E-state index contributed by atoms with van der Waals surface area (Å²) in [4.78, 5) is 4.77. The predicted molar refractivity (Wildman–Crippen MR) is 86.2 cm³/mol. The van der Waals surface area contributed by atoms with E-state index in [4.69, 9.17) is 0 Å². The number of nitrogens with zero attached hydrogens (tertiary/aromatic N) is 2. The highest BCUT2D eigenvalue weighted by Gasteiger charge is 2.31. The second-order valence-corrected chi connectivity index (χ2v) is 6.94. The van der Waals surface area contributed by atoms with E-state index in [9.17, 15) is 13.9 Å². The Morgan fingerprint density at radius 2 is 1.91 bits per heavy atom. The van der Waals surface area contributed by atoms with E-state index in [2.05, 4.69) is 16.7 Å². The molecule has 1 aromatic carbocycles. The van der Waals surface area contributed by atoms with Crippen molar-refractivity contribution < 1.29 is 13.9 Å². The molecule has 0 spiro atoms. The summed E-state index contributed by atoms with van der Waals surface area (Å²) in [5, 5.41) is 10.2. The number of aliphatic hydroxyl groups excluding tert-OH is 1. The van der Waals surface area contributed by atoms with Crippen molar-refractivity contribution in [3.05, 3.63) is 35.4 Å². The molecule has 2 atom stereocenters. The Morgan fingerprint density at radius 3 is 2.57 bits per heavy atom. The normalized spacial score (nSPS) is 25.8. The number of likely N-dealkylation sites (tertiary alicyclic amines) is 2. The molecule has 1 N–H and O–H groups in total. The zero-order valence-electron chi connectivity index (χ0n) is 13.7. The van der Waals surface area contributed by atoms with Crippen molar-refractivity contribution in [2.75, 3.05) is 26.2 Å². The summed E-state index contributed by atoms with van der Waals surface area (Å²) in [5.74, 6) is -1.05. The van der Waals surface area contributed by atoms with Crippen LogP contribution in [-0.4, -0.2) is 53.2 Å². The van der Waals surface area contributed by atoms with Crippen LogP contribution in [0, 0.1) is 11.6 Å². The number of benzene rings is 1. The van der Waals surface area contributed by atoms with E-state index in [1.54, 1.807) is 0 Å². The maximum Gasteiger partial charge on any atom is 0.129 e. The molecule has 2 heterocycles. The number of aliphatic hydroxyl groups is 1. The first-order chi connectivity index (χ1) is 11.0. The molecule has 2 unspecified atom stereocenters. The van der Waals surface area contributed by atoms with Gasteiger partial charge in [-0.05, 0) is 70.4 Å². The van der Waals surface area contributed by atoms with Gasteiger partial charge in [-0.2, -0.15) is 0 Å². The molecule has 0 bridgehead atoms. The average molecular weight is 324 g/mol. The second kappa shape index (κ2) is 7.24. The zero-order chi connectivity index (χ0) is 16.4. The van der Waals surface area contributed by atoms with E-state index in [-0.39, 0.29) is 5.56 Å². The molecule has 0 amide bonds. The number of hydrogen-bond donors (Lipinski definition) is 1. The largest absolute Gasteiger partial charge is 0.387 e. The van der Waals surface area contributed by atoms with E-state index in [1.165, 1.54) is 19.4 Å². The maximum absolute atomic E-state index is 13.7. The molecule has 0 aromatic heterocycles. The Labute approximate surface area is 136 Å². The second-order valence-electron chi connectivity index (χ2n) is 6.94. The first-order valence-corrected chi connectivity index (χ1v) is 8.65. The molecule has 2 aliphatic heterocycles. The Balaban J connectivity index is 1.53. The monoisotopic (exact) mass is 324 g/mol. The minimum atomic E-state index is -0.979. The third-order valence-electron chi connectivity index (χ3n) is 5.38. The molecular weight excluding hydrogens is 298 g/mol. The molecule has 5 heteroatoms. The first kappa shape index (κ1) is 16.8. The number of halogens is 2. The summed E-state index contributed by atoms with van der Waals surface area (Å²) >= 11 is 0. The molecule has 23 heavy (non-hydrogen) atoms. The van der Waals surface area contributed by atoms with Gasteiger partial charge in [0.2, 0.25) is 0 Å². The van der Waals surface area contributed by atoms with Crippen LogP contribution >= 0.6 is 0 Å². The predicted octanol–water partition coefficient (Wildman–Crippen LogP) is 2.95. The van der Waals surface area contributed by atoms with Crippen molar-refractivity contribution in [3.63, 3.8) is 0 Å². The quantitative estimate of drug-likeness (QED) is 0.922. The number of rotatable bonds is 4. The van der Waals surface area contributed by atoms with Crippen molar-refractivity contribution in [1.29, 1.82) is 0 Å². The summed E-state index contributed by atoms with van der Waals surface area (Å²) in [6, 6.07) is 4.56. The third kappa shape index (κ3) is 3.90. The standard InChI is InChI=1S/C18H26F2N2O/c1-13-3-2-8-22(13)15-6-9-21(10-7-15)12-18(23)16-11-14(19)4-5-17(16)20/h4-5,11,13,15,18,23H,2-3,6-10,12H2,1H3. The van der Waals surface area contributed by atoms with Gasteiger partial charge in [-0.25, -0.2) is 8.78 Å². The minimum Gasteiger partial charge on any atom is -0.387 e. The fourth-order valence-corrected chi connectivity index (χ4v) is 4.04. The fraction of sp³-hybridized carbons (Fsp3) is 0.667. The minimum absolute atomic E-state index is 0.0558. The van der Waals surface area contributed by atoms with Crippen LogP contribution in [0.25, 0.3) is 0 Å². The van der Waals surface area contributed by atoms with Gasteiger partial charge in [0.1, 0.15) is 11.6 Å². The van der Waals surface area contributed by atoms with Crippen LogP contribution in [-0.2, 0) is 0 Å². The highest BCUT2D eigenvalue weighted by atomic mass is 19.1. The van der Waals surface area contributed by atoms with Gasteiger partial charge in [0, 0.05) is 24.2 Å². The molecule has 2 aliphatic rings. The summed E-state index contributed by atoms with van der Waals surface area (Å²) in [5.41, 5.74) is 0.0558. The summed E-state index contributed by atoms with van der Waals surface area (Å²) < 4.78 is 27.0. The van der Waals surface area contributed by atoms with Crippen molar-refractivity contribution in [2.24, 2.45) is 0 Å². The van der Waals surface area contributed by atoms with Gasteiger partial charge in [0.25, 0.3) is 0 Å². The van der Waals surface area contributed by atoms with E-state index >= 15 is 0 Å². The van der Waals surface area contributed by atoms with Gasteiger partial charge in [-0.1, -0.05) is 0 Å². The SMILES string of the molecule is CC1CCCN1C1CCN(CC(O)c2cc(F)ccc2F)CC1. The molecule has 0 aliphatic carbocycles. The molecule has 0 radical (unpaired) electrons. The third-order valence-corrected chi connectivity index (χ3v) is 5.38. The fourth-order valence-electron chi connectivity index (χ4n) is 4.04. The Morgan fingerprint density at radius 1 is 1.17 bits per heavy atom. The summed E-state index contributed by atoms with van der Waals surface area (Å²) in [7, 11) is 0. The molecule has 1 aromatic rings. The summed E-state index contributed by atoms with van der Waals surface area (Å²) in [6.45, 7) is 5.67. The number of β-amino-alcohol motifs (C(OH)–C–C–N with tert-alkyl or cyclic N) is 1. The van der Waals surface area contributed by atoms with E-state index in [1.807, 2.05) is 0 Å². The number of piperidine rings is 1. The molecule has 128 valence electrons. The van der Waals surface area contributed by atoms with Crippen molar-refractivity contribution in [3.8, 4) is 0 Å². The molecule has 3 rings (SSSR count). The number of hydrogen-bond acceptors (Lipinski definition) is 3. The topological polar surface area (TPSA) is 26.7 Å². The van der Waals surface area contributed by atoms with Crippen molar-refractivity contribution >= 4 is 0 Å². The van der Waals surface area contributed by atoms with Crippen LogP contribution in [0.3, 0.4) is 0 Å². The van der Waals surface area contributed by atoms with Crippen LogP contribution < -0.4 is 0 Å². The van der Waals surface area contributed by atoms with E-state index < -0.39 is 17.7 Å². The van der Waals surface area contributed by atoms with Crippen molar-refractivity contribution in [2.45, 2.75) is 50.8 Å². The molecular formula is C18H26F2N2O. The lowest BCUT2D eigenvalue weighted by Crippen LogP contribution is -2.46. The molecule has 2 fully saturated rings. The van der Waals surface area contributed by atoms with Gasteiger partial charge in [-0.3, -0.25) is 4.90 Å². The van der Waals surface area contributed by atoms with Gasteiger partial charge < -0.3 is 10.0 Å². The molecule has 0 saturated carbocycles. The van der Waals surface area contributed by atoms with Gasteiger partial charge in [0.15, 0.2) is 0 Å². The zero-order valence-corrected chi connectivity index (χ0v) is 13.7.